The lowest BCUT2D eigenvalue weighted by Crippen LogP contribution is -2.45. The topological polar surface area (TPSA) is 55.6 Å². The first kappa shape index (κ1) is 15.5. The van der Waals surface area contributed by atoms with Crippen LogP contribution < -0.4 is 5.73 Å². The van der Waals surface area contributed by atoms with E-state index in [0.717, 1.165) is 12.8 Å². The Morgan fingerprint density at radius 1 is 1.27 bits per heavy atom. The maximum absolute atomic E-state index is 12.9. The summed E-state index contributed by atoms with van der Waals surface area (Å²) in [5.41, 5.74) is 6.84. The van der Waals surface area contributed by atoms with Crippen LogP contribution in [-0.4, -0.2) is 35.6 Å². The van der Waals surface area contributed by atoms with Gasteiger partial charge in [-0.2, -0.15) is 0 Å². The molecule has 2 aliphatic rings. The lowest BCUT2D eigenvalue weighted by molar-refractivity contribution is -0.146. The molecule has 22 heavy (non-hydrogen) atoms. The summed E-state index contributed by atoms with van der Waals surface area (Å²) in [5.74, 6) is 0.790. The molecule has 1 aliphatic carbocycles. The molecule has 1 aromatic rings. The molecule has 2 fully saturated rings. The lowest BCUT2D eigenvalue weighted by Gasteiger charge is -2.31. The van der Waals surface area contributed by atoms with E-state index >= 15 is 0 Å². The quantitative estimate of drug-likeness (QED) is 0.877. The lowest BCUT2D eigenvalue weighted by atomic mass is 10.1. The van der Waals surface area contributed by atoms with E-state index in [-0.39, 0.29) is 24.2 Å². The number of amides is 1. The molecular weight excluding hydrogens is 276 g/mol. The van der Waals surface area contributed by atoms with Gasteiger partial charge in [0, 0.05) is 19.1 Å². The Balaban J connectivity index is 1.71. The maximum Gasteiger partial charge on any atom is 0.252 e. The van der Waals surface area contributed by atoms with Gasteiger partial charge in [-0.15, -0.1) is 0 Å². The third kappa shape index (κ3) is 3.50. The van der Waals surface area contributed by atoms with Gasteiger partial charge in [0.2, 0.25) is 0 Å². The fourth-order valence-electron chi connectivity index (χ4n) is 3.28. The van der Waals surface area contributed by atoms with Crippen LogP contribution in [0.25, 0.3) is 0 Å². The molecule has 0 aromatic heterocycles. The van der Waals surface area contributed by atoms with Crippen LogP contribution in [0.3, 0.4) is 0 Å². The van der Waals surface area contributed by atoms with Gasteiger partial charge >= 0.3 is 0 Å². The van der Waals surface area contributed by atoms with Crippen molar-refractivity contribution in [2.75, 3.05) is 6.54 Å². The highest BCUT2D eigenvalue weighted by molar-refractivity contribution is 5.81. The predicted molar refractivity (Wildman–Crippen MR) is 86.1 cm³/mol. The van der Waals surface area contributed by atoms with E-state index in [1.54, 1.807) is 0 Å². The summed E-state index contributed by atoms with van der Waals surface area (Å²) in [5, 5.41) is 0. The van der Waals surface area contributed by atoms with Gasteiger partial charge < -0.3 is 15.4 Å². The van der Waals surface area contributed by atoms with E-state index in [0.29, 0.717) is 19.0 Å². The van der Waals surface area contributed by atoms with Crippen molar-refractivity contribution < 1.29 is 9.53 Å². The first-order valence-corrected chi connectivity index (χ1v) is 8.39. The van der Waals surface area contributed by atoms with Gasteiger partial charge in [-0.25, -0.2) is 0 Å². The van der Waals surface area contributed by atoms with Crippen LogP contribution in [0.4, 0.5) is 0 Å². The summed E-state index contributed by atoms with van der Waals surface area (Å²) < 4.78 is 5.83. The fourth-order valence-corrected chi connectivity index (χ4v) is 3.28. The molecule has 4 nitrogen and oxygen atoms in total. The number of ether oxygens (including phenoxy) is 1. The molecule has 120 valence electrons. The molecule has 4 heteroatoms. The zero-order valence-corrected chi connectivity index (χ0v) is 13.3. The molecule has 1 aliphatic heterocycles. The average molecular weight is 302 g/mol. The fraction of sp³-hybridized carbons (Fsp3) is 0.611. The van der Waals surface area contributed by atoms with Crippen molar-refractivity contribution in [1.82, 2.24) is 4.90 Å². The molecule has 3 atom stereocenters. The van der Waals surface area contributed by atoms with Crippen molar-refractivity contribution in [3.05, 3.63) is 35.9 Å². The van der Waals surface area contributed by atoms with E-state index in [1.165, 1.54) is 18.4 Å². The second kappa shape index (κ2) is 6.80. The predicted octanol–water partition coefficient (Wildman–Crippen LogP) is 2.32. The Labute approximate surface area is 132 Å². The van der Waals surface area contributed by atoms with E-state index in [2.05, 4.69) is 19.1 Å². The average Bonchev–Trinajstić information content (AvgIpc) is 3.29. The Kier molecular flexibility index (Phi) is 4.79. The number of hydrogen-bond acceptors (Lipinski definition) is 3. The number of carbonyl (C=O) groups excluding carboxylic acids is 1. The first-order valence-electron chi connectivity index (χ1n) is 8.39. The smallest absolute Gasteiger partial charge is 0.252 e. The van der Waals surface area contributed by atoms with Gasteiger partial charge in [0.05, 0.1) is 6.10 Å². The second-order valence-electron chi connectivity index (χ2n) is 6.59. The minimum atomic E-state index is -0.307. The van der Waals surface area contributed by atoms with Gasteiger partial charge in [-0.3, -0.25) is 4.79 Å². The van der Waals surface area contributed by atoms with Gasteiger partial charge in [0.25, 0.3) is 5.91 Å². The molecule has 0 radical (unpaired) electrons. The van der Waals surface area contributed by atoms with Crippen LogP contribution in [0.5, 0.6) is 0 Å². The molecule has 1 heterocycles. The highest BCUT2D eigenvalue weighted by Crippen LogP contribution is 2.36. The number of benzene rings is 1. The van der Waals surface area contributed by atoms with Crippen LogP contribution in [0.1, 0.15) is 38.2 Å². The summed E-state index contributed by atoms with van der Waals surface area (Å²) >= 11 is 0. The van der Waals surface area contributed by atoms with Crippen LogP contribution >= 0.6 is 0 Å². The number of carbonyl (C=O) groups is 1. The Morgan fingerprint density at radius 2 is 2.00 bits per heavy atom. The molecule has 1 amide bonds. The molecule has 1 unspecified atom stereocenters. The zero-order valence-electron chi connectivity index (χ0n) is 13.3. The van der Waals surface area contributed by atoms with Crippen molar-refractivity contribution >= 4 is 5.91 Å². The Hall–Kier alpha value is -1.39. The van der Waals surface area contributed by atoms with Gasteiger partial charge in [-0.05, 0) is 44.1 Å². The van der Waals surface area contributed by atoms with Crippen LogP contribution in [-0.2, 0) is 16.1 Å². The van der Waals surface area contributed by atoms with Crippen LogP contribution in [0.2, 0.25) is 0 Å². The Morgan fingerprint density at radius 3 is 2.59 bits per heavy atom. The third-order valence-corrected chi connectivity index (χ3v) is 4.92. The molecule has 3 rings (SSSR count). The maximum atomic E-state index is 12.9. The van der Waals surface area contributed by atoms with Gasteiger partial charge in [-0.1, -0.05) is 30.3 Å². The number of rotatable bonds is 6. The number of nitrogens with two attached hydrogens (primary N) is 1. The van der Waals surface area contributed by atoms with E-state index in [4.69, 9.17) is 10.5 Å². The molecule has 0 bridgehead atoms. The standard InChI is InChI=1S/C18H26N2O2/c1-13(15-7-8-15)20(12-14-5-3-2-4-6-14)18(21)17-10-9-16(11-19)22-17/h2-6,13,15-17H,7-12,19H2,1H3/t13?,16-,17+/m1/s1. The highest BCUT2D eigenvalue weighted by atomic mass is 16.5. The molecule has 0 spiro atoms. The molecular formula is C18H26N2O2. The van der Waals surface area contributed by atoms with Crippen molar-refractivity contribution in [3.8, 4) is 0 Å². The SMILES string of the molecule is CC(C1CC1)N(Cc1ccccc1)C(=O)[C@@H]1CC[C@H](CN)O1. The van der Waals surface area contributed by atoms with Gasteiger partial charge in [0.15, 0.2) is 0 Å². The highest BCUT2D eigenvalue weighted by Gasteiger charge is 2.39. The molecule has 1 saturated carbocycles. The number of hydrogen-bond donors (Lipinski definition) is 1. The van der Waals surface area contributed by atoms with Gasteiger partial charge in [0.1, 0.15) is 6.10 Å². The summed E-state index contributed by atoms with van der Waals surface area (Å²) in [6.07, 6.45) is 3.89. The third-order valence-electron chi connectivity index (χ3n) is 4.92. The zero-order chi connectivity index (χ0) is 15.5. The summed E-state index contributed by atoms with van der Waals surface area (Å²) in [4.78, 5) is 15.0. The summed E-state index contributed by atoms with van der Waals surface area (Å²) in [7, 11) is 0. The Bertz CT molecular complexity index is 501. The van der Waals surface area contributed by atoms with E-state index in [9.17, 15) is 4.79 Å². The number of nitrogens with zero attached hydrogens (tertiary/aromatic N) is 1. The minimum absolute atomic E-state index is 0.0451. The second-order valence-corrected chi connectivity index (χ2v) is 6.59. The molecule has 1 aromatic carbocycles. The van der Waals surface area contributed by atoms with Crippen LogP contribution in [0.15, 0.2) is 30.3 Å². The summed E-state index contributed by atoms with van der Waals surface area (Å²) in [6, 6.07) is 10.5. The van der Waals surface area contributed by atoms with Crippen molar-refractivity contribution in [1.29, 1.82) is 0 Å². The first-order chi connectivity index (χ1) is 10.7. The van der Waals surface area contributed by atoms with E-state index < -0.39 is 0 Å². The van der Waals surface area contributed by atoms with Crippen molar-refractivity contribution in [3.63, 3.8) is 0 Å². The monoisotopic (exact) mass is 302 g/mol. The van der Waals surface area contributed by atoms with E-state index in [1.807, 2.05) is 23.1 Å². The van der Waals surface area contributed by atoms with Crippen molar-refractivity contribution in [2.45, 2.75) is 57.4 Å². The molecule has 2 N–H and O–H groups in total. The van der Waals surface area contributed by atoms with Crippen molar-refractivity contribution in [2.24, 2.45) is 11.7 Å². The summed E-state index contributed by atoms with van der Waals surface area (Å²) in [6.45, 7) is 3.35. The molecule has 1 saturated heterocycles. The largest absolute Gasteiger partial charge is 0.364 e. The minimum Gasteiger partial charge on any atom is -0.364 e. The normalized spacial score (nSPS) is 25.9. The van der Waals surface area contributed by atoms with Crippen LogP contribution in [0, 0.1) is 5.92 Å².